The summed E-state index contributed by atoms with van der Waals surface area (Å²) in [6.45, 7) is 7.51. The van der Waals surface area contributed by atoms with Crippen molar-refractivity contribution in [2.45, 2.75) is 27.2 Å². The predicted octanol–water partition coefficient (Wildman–Crippen LogP) is 2.09. The van der Waals surface area contributed by atoms with Crippen LogP contribution in [0, 0.1) is 5.41 Å². The van der Waals surface area contributed by atoms with Crippen LogP contribution in [0.5, 0.6) is 0 Å². The maximum absolute atomic E-state index is 5.60. The number of hydrogen-bond acceptors (Lipinski definition) is 4. The number of nitrogens with one attached hydrogen (secondary N) is 1. The fourth-order valence-electron chi connectivity index (χ4n) is 1.15. The molecule has 1 heterocycles. The van der Waals surface area contributed by atoms with E-state index in [1.807, 2.05) is 6.07 Å². The molecule has 0 unspecified atom stereocenters. The molecule has 0 bridgehead atoms. The highest BCUT2D eigenvalue weighted by atomic mass is 15.0. The van der Waals surface area contributed by atoms with Crippen molar-refractivity contribution in [3.8, 4) is 0 Å². The van der Waals surface area contributed by atoms with Crippen LogP contribution in [0.15, 0.2) is 12.1 Å². The van der Waals surface area contributed by atoms with Gasteiger partial charge in [-0.15, -0.1) is 0 Å². The second-order valence-electron chi connectivity index (χ2n) is 4.91. The summed E-state index contributed by atoms with van der Waals surface area (Å²) >= 11 is 0. The lowest BCUT2D eigenvalue weighted by Crippen LogP contribution is -2.13. The van der Waals surface area contributed by atoms with E-state index < -0.39 is 0 Å². The van der Waals surface area contributed by atoms with E-state index in [0.717, 1.165) is 18.8 Å². The zero-order chi connectivity index (χ0) is 11.5. The Morgan fingerprint density at radius 2 is 1.93 bits per heavy atom. The fourth-order valence-corrected chi connectivity index (χ4v) is 1.15. The highest BCUT2D eigenvalue weighted by Gasteiger charge is 2.09. The molecule has 0 radical (unpaired) electrons. The Labute approximate surface area is 91.1 Å². The summed E-state index contributed by atoms with van der Waals surface area (Å²) in [4.78, 5) is 4.13. The topological polar surface area (TPSA) is 77.0 Å². The van der Waals surface area contributed by atoms with Crippen molar-refractivity contribution in [2.75, 3.05) is 23.3 Å². The number of rotatable bonds is 3. The van der Waals surface area contributed by atoms with Crippen LogP contribution in [0.2, 0.25) is 0 Å². The molecule has 0 aliphatic heterocycles. The molecule has 1 aromatic rings. The van der Waals surface area contributed by atoms with Gasteiger partial charge in [0, 0.05) is 6.54 Å². The average Bonchev–Trinajstić information content (AvgIpc) is 2.09. The monoisotopic (exact) mass is 208 g/mol. The number of pyridine rings is 1. The van der Waals surface area contributed by atoms with Crippen molar-refractivity contribution in [3.05, 3.63) is 12.1 Å². The average molecular weight is 208 g/mol. The minimum Gasteiger partial charge on any atom is -0.396 e. The summed E-state index contributed by atoms with van der Waals surface area (Å²) in [7, 11) is 0. The molecule has 0 aliphatic rings. The molecule has 84 valence electrons. The summed E-state index contributed by atoms with van der Waals surface area (Å²) in [6.07, 6.45) is 1.08. The smallest absolute Gasteiger partial charge is 0.149 e. The largest absolute Gasteiger partial charge is 0.396 e. The van der Waals surface area contributed by atoms with E-state index in [-0.39, 0.29) is 0 Å². The first kappa shape index (κ1) is 11.6. The molecule has 5 N–H and O–H groups in total. The van der Waals surface area contributed by atoms with E-state index in [2.05, 4.69) is 31.1 Å². The van der Waals surface area contributed by atoms with Crippen LogP contribution in [-0.2, 0) is 0 Å². The van der Waals surface area contributed by atoms with E-state index in [1.165, 1.54) is 0 Å². The van der Waals surface area contributed by atoms with E-state index >= 15 is 0 Å². The summed E-state index contributed by atoms with van der Waals surface area (Å²) in [6, 6.07) is 3.61. The van der Waals surface area contributed by atoms with Crippen LogP contribution >= 0.6 is 0 Å². The number of nitrogens with zero attached hydrogens (tertiary/aromatic N) is 1. The van der Waals surface area contributed by atoms with E-state index in [0.29, 0.717) is 16.9 Å². The Morgan fingerprint density at radius 3 is 2.47 bits per heavy atom. The van der Waals surface area contributed by atoms with Crippen molar-refractivity contribution in [1.29, 1.82) is 0 Å². The molecule has 1 aromatic heterocycles. The highest BCUT2D eigenvalue weighted by molar-refractivity contribution is 5.61. The summed E-state index contributed by atoms with van der Waals surface area (Å²) in [5.74, 6) is 1.17. The van der Waals surface area contributed by atoms with Gasteiger partial charge in [0.2, 0.25) is 0 Å². The van der Waals surface area contributed by atoms with Crippen LogP contribution in [0.1, 0.15) is 27.2 Å². The van der Waals surface area contributed by atoms with Crippen LogP contribution in [0.3, 0.4) is 0 Å². The molecule has 0 amide bonds. The van der Waals surface area contributed by atoms with E-state index in [4.69, 9.17) is 11.5 Å². The summed E-state index contributed by atoms with van der Waals surface area (Å²) in [5.41, 5.74) is 12.0. The Hall–Kier alpha value is -1.45. The molecule has 0 fully saturated rings. The van der Waals surface area contributed by atoms with E-state index in [9.17, 15) is 0 Å². The molecule has 0 aliphatic carbocycles. The number of anilines is 3. The van der Waals surface area contributed by atoms with Gasteiger partial charge in [-0.1, -0.05) is 20.8 Å². The van der Waals surface area contributed by atoms with Gasteiger partial charge in [0.15, 0.2) is 0 Å². The molecule has 15 heavy (non-hydrogen) atoms. The molecular formula is C11H20N4. The number of aromatic nitrogens is 1. The number of nitrogens with two attached hydrogens (primary N) is 2. The molecule has 4 nitrogen and oxygen atoms in total. The van der Waals surface area contributed by atoms with Gasteiger partial charge in [0.05, 0.1) is 5.69 Å². The first-order valence-corrected chi connectivity index (χ1v) is 5.14. The third-order valence-corrected chi connectivity index (χ3v) is 2.14. The second kappa shape index (κ2) is 4.38. The zero-order valence-corrected chi connectivity index (χ0v) is 9.67. The van der Waals surface area contributed by atoms with Gasteiger partial charge in [0.1, 0.15) is 11.6 Å². The Kier molecular flexibility index (Phi) is 3.39. The van der Waals surface area contributed by atoms with Gasteiger partial charge >= 0.3 is 0 Å². The van der Waals surface area contributed by atoms with Crippen LogP contribution in [-0.4, -0.2) is 11.5 Å². The Morgan fingerprint density at radius 1 is 1.27 bits per heavy atom. The molecule has 4 heteroatoms. The van der Waals surface area contributed by atoms with Gasteiger partial charge in [-0.05, 0) is 24.0 Å². The van der Waals surface area contributed by atoms with Crippen molar-refractivity contribution >= 4 is 17.3 Å². The standard InChI is InChI=1S/C11H20N4/c1-11(2,3)6-7-14-9-5-4-8(12)10(13)15-9/h4-5H,6-7,12H2,1-3H3,(H3,13,14,15). The van der Waals surface area contributed by atoms with Gasteiger partial charge in [-0.2, -0.15) is 0 Å². The third kappa shape index (κ3) is 4.06. The molecule has 0 spiro atoms. The zero-order valence-electron chi connectivity index (χ0n) is 9.67. The molecule has 0 saturated heterocycles. The minimum absolute atomic E-state index is 0.326. The lowest BCUT2D eigenvalue weighted by molar-refractivity contribution is 0.389. The SMILES string of the molecule is CC(C)(C)CCNc1ccc(N)c(N)n1. The number of nitrogen functional groups attached to an aromatic ring is 2. The Balaban J connectivity index is 2.48. The van der Waals surface area contributed by atoms with Gasteiger partial charge < -0.3 is 16.8 Å². The Bertz CT molecular complexity index is 328. The maximum Gasteiger partial charge on any atom is 0.149 e. The van der Waals surface area contributed by atoms with Gasteiger partial charge in [-0.25, -0.2) is 4.98 Å². The normalized spacial score (nSPS) is 11.4. The summed E-state index contributed by atoms with van der Waals surface area (Å²) in [5, 5.41) is 3.22. The number of hydrogen-bond donors (Lipinski definition) is 3. The van der Waals surface area contributed by atoms with Crippen LogP contribution in [0.4, 0.5) is 17.3 Å². The van der Waals surface area contributed by atoms with Gasteiger partial charge in [-0.3, -0.25) is 0 Å². The minimum atomic E-state index is 0.326. The maximum atomic E-state index is 5.60. The molecule has 1 rings (SSSR count). The lowest BCUT2D eigenvalue weighted by atomic mass is 9.92. The third-order valence-electron chi connectivity index (χ3n) is 2.14. The van der Waals surface area contributed by atoms with E-state index in [1.54, 1.807) is 6.07 Å². The lowest BCUT2D eigenvalue weighted by Gasteiger charge is -2.18. The second-order valence-corrected chi connectivity index (χ2v) is 4.91. The molecule has 0 atom stereocenters. The van der Waals surface area contributed by atoms with Crippen LogP contribution in [0.25, 0.3) is 0 Å². The molecule has 0 aromatic carbocycles. The quantitative estimate of drug-likeness (QED) is 0.711. The predicted molar refractivity (Wildman–Crippen MR) is 65.6 cm³/mol. The first-order chi connectivity index (χ1) is 6.88. The summed E-state index contributed by atoms with van der Waals surface area (Å²) < 4.78 is 0. The molecule has 0 saturated carbocycles. The van der Waals surface area contributed by atoms with Crippen LogP contribution < -0.4 is 16.8 Å². The van der Waals surface area contributed by atoms with Gasteiger partial charge in [0.25, 0.3) is 0 Å². The fraction of sp³-hybridized carbons (Fsp3) is 0.545. The molecular weight excluding hydrogens is 188 g/mol. The van der Waals surface area contributed by atoms with Crippen molar-refractivity contribution in [3.63, 3.8) is 0 Å². The first-order valence-electron chi connectivity index (χ1n) is 5.14. The van der Waals surface area contributed by atoms with Crippen molar-refractivity contribution in [1.82, 2.24) is 4.98 Å². The van der Waals surface area contributed by atoms with Crippen molar-refractivity contribution < 1.29 is 0 Å². The van der Waals surface area contributed by atoms with Crippen molar-refractivity contribution in [2.24, 2.45) is 5.41 Å². The highest BCUT2D eigenvalue weighted by Crippen LogP contribution is 2.19.